The largest absolute Gasteiger partial charge is 0.480 e. The van der Waals surface area contributed by atoms with Gasteiger partial charge in [-0.3, -0.25) is 9.59 Å². The summed E-state index contributed by atoms with van der Waals surface area (Å²) >= 11 is 0. The van der Waals surface area contributed by atoms with E-state index in [-0.39, 0.29) is 5.78 Å². The minimum absolute atomic E-state index is 0.287. The number of ketones is 1. The van der Waals surface area contributed by atoms with Gasteiger partial charge in [0.25, 0.3) is 0 Å². The molecular formula is C21H24O3. The molecule has 0 aliphatic carbocycles. The Kier molecular flexibility index (Phi) is 5.91. The third-order valence-corrected chi connectivity index (χ3v) is 4.21. The molecule has 3 heteroatoms. The summed E-state index contributed by atoms with van der Waals surface area (Å²) in [6, 6.07) is 16.6. The van der Waals surface area contributed by atoms with E-state index < -0.39 is 17.8 Å². The lowest BCUT2D eigenvalue weighted by Crippen LogP contribution is -2.25. The minimum atomic E-state index is -1.13. The van der Waals surface area contributed by atoms with Crippen molar-refractivity contribution < 1.29 is 14.7 Å². The Labute approximate surface area is 143 Å². The highest BCUT2D eigenvalue weighted by Gasteiger charge is 2.32. The Morgan fingerprint density at radius 1 is 0.875 bits per heavy atom. The van der Waals surface area contributed by atoms with Gasteiger partial charge >= 0.3 is 5.97 Å². The Hall–Kier alpha value is -2.42. The molecule has 0 aromatic heterocycles. The maximum atomic E-state index is 12.8. The monoisotopic (exact) mass is 324 g/mol. The van der Waals surface area contributed by atoms with Crippen LogP contribution in [0.3, 0.4) is 0 Å². The molecule has 0 saturated heterocycles. The van der Waals surface area contributed by atoms with Crippen LogP contribution in [-0.4, -0.2) is 16.9 Å². The highest BCUT2D eigenvalue weighted by molar-refractivity contribution is 6.06. The van der Waals surface area contributed by atoms with Crippen LogP contribution >= 0.6 is 0 Å². The number of carboxylic acid groups (broad SMARTS) is 1. The Bertz CT molecular complexity index is 687. The van der Waals surface area contributed by atoms with Gasteiger partial charge in [0.05, 0.1) is 0 Å². The van der Waals surface area contributed by atoms with Crippen LogP contribution in [-0.2, 0) is 16.0 Å². The Balaban J connectivity index is 2.22. The third-order valence-electron chi connectivity index (χ3n) is 4.21. The number of hydrogen-bond acceptors (Lipinski definition) is 2. The first-order valence-corrected chi connectivity index (χ1v) is 8.30. The van der Waals surface area contributed by atoms with E-state index in [1.54, 1.807) is 31.2 Å². The molecule has 2 atom stereocenters. The zero-order chi connectivity index (χ0) is 17.7. The van der Waals surface area contributed by atoms with Gasteiger partial charge in [-0.25, -0.2) is 0 Å². The lowest BCUT2D eigenvalue weighted by Gasteiger charge is -2.18. The average molecular weight is 324 g/mol. The lowest BCUT2D eigenvalue weighted by molar-refractivity contribution is -0.142. The first-order chi connectivity index (χ1) is 11.4. The molecule has 1 N–H and O–H groups in total. The van der Waals surface area contributed by atoms with Gasteiger partial charge in [-0.2, -0.15) is 0 Å². The smallest absolute Gasteiger partial charge is 0.318 e. The van der Waals surface area contributed by atoms with Crippen LogP contribution in [0.25, 0.3) is 0 Å². The van der Waals surface area contributed by atoms with Crippen molar-refractivity contribution in [3.63, 3.8) is 0 Å². The summed E-state index contributed by atoms with van der Waals surface area (Å²) in [4.78, 5) is 24.4. The predicted molar refractivity (Wildman–Crippen MR) is 95.2 cm³/mol. The number of aliphatic carboxylic acids is 1. The Morgan fingerprint density at radius 3 is 1.96 bits per heavy atom. The van der Waals surface area contributed by atoms with Crippen molar-refractivity contribution in [2.24, 2.45) is 5.92 Å². The van der Waals surface area contributed by atoms with Crippen LogP contribution in [0.15, 0.2) is 54.6 Å². The highest BCUT2D eigenvalue weighted by atomic mass is 16.4. The van der Waals surface area contributed by atoms with Crippen LogP contribution in [0.2, 0.25) is 0 Å². The van der Waals surface area contributed by atoms with E-state index in [1.807, 2.05) is 30.3 Å². The fourth-order valence-electron chi connectivity index (χ4n) is 2.90. The molecule has 2 aromatic carbocycles. The number of benzene rings is 2. The summed E-state index contributed by atoms with van der Waals surface area (Å²) in [6.07, 6.45) is 0.990. The molecule has 0 aliphatic rings. The number of hydrogen-bond donors (Lipinski definition) is 1. The van der Waals surface area contributed by atoms with Gasteiger partial charge in [-0.05, 0) is 29.0 Å². The van der Waals surface area contributed by atoms with E-state index in [0.717, 1.165) is 12.0 Å². The van der Waals surface area contributed by atoms with Gasteiger partial charge in [0.1, 0.15) is 5.92 Å². The lowest BCUT2D eigenvalue weighted by atomic mass is 9.84. The second-order valence-electron chi connectivity index (χ2n) is 6.65. The standard InChI is InChI=1S/C21H24O3/c1-14(2)13-16-9-11-17(12-10-16)15(3)20(22)19(21(23)24)18-7-5-4-6-8-18/h4-12,14-15,19H,13H2,1-3H3,(H,23,24). The molecule has 0 amide bonds. The van der Waals surface area contributed by atoms with Crippen LogP contribution in [0.1, 0.15) is 49.3 Å². The van der Waals surface area contributed by atoms with Crippen LogP contribution < -0.4 is 0 Å². The van der Waals surface area contributed by atoms with E-state index in [2.05, 4.69) is 13.8 Å². The molecule has 2 rings (SSSR count). The molecule has 0 fully saturated rings. The number of carboxylic acids is 1. The van der Waals surface area contributed by atoms with Gasteiger partial charge in [0.15, 0.2) is 5.78 Å². The second kappa shape index (κ2) is 7.91. The van der Waals surface area contributed by atoms with Crippen molar-refractivity contribution in [1.29, 1.82) is 0 Å². The van der Waals surface area contributed by atoms with E-state index in [1.165, 1.54) is 5.56 Å². The summed E-state index contributed by atoms with van der Waals surface area (Å²) in [5.74, 6) is -2.40. The summed E-state index contributed by atoms with van der Waals surface area (Å²) in [6.45, 7) is 6.10. The van der Waals surface area contributed by atoms with E-state index >= 15 is 0 Å². The molecule has 24 heavy (non-hydrogen) atoms. The number of carbonyl (C=O) groups excluding carboxylic acids is 1. The predicted octanol–water partition coefficient (Wildman–Crippen LogP) is 4.43. The quantitative estimate of drug-likeness (QED) is 0.767. The van der Waals surface area contributed by atoms with Crippen molar-refractivity contribution in [2.45, 2.75) is 39.0 Å². The zero-order valence-electron chi connectivity index (χ0n) is 14.4. The maximum Gasteiger partial charge on any atom is 0.318 e. The number of rotatable bonds is 7. The summed E-state index contributed by atoms with van der Waals surface area (Å²) in [5.41, 5.74) is 2.61. The molecule has 3 nitrogen and oxygen atoms in total. The van der Waals surface area contributed by atoms with Gasteiger partial charge in [-0.15, -0.1) is 0 Å². The molecule has 2 unspecified atom stereocenters. The average Bonchev–Trinajstić information content (AvgIpc) is 2.55. The minimum Gasteiger partial charge on any atom is -0.480 e. The summed E-state index contributed by atoms with van der Waals surface area (Å²) in [7, 11) is 0. The van der Waals surface area contributed by atoms with Crippen LogP contribution in [0.4, 0.5) is 0 Å². The second-order valence-corrected chi connectivity index (χ2v) is 6.65. The van der Waals surface area contributed by atoms with Crippen LogP contribution in [0.5, 0.6) is 0 Å². The highest BCUT2D eigenvalue weighted by Crippen LogP contribution is 2.27. The Morgan fingerprint density at radius 2 is 1.46 bits per heavy atom. The normalized spacial score (nSPS) is 13.5. The molecular weight excluding hydrogens is 300 g/mol. The first-order valence-electron chi connectivity index (χ1n) is 8.30. The fourth-order valence-corrected chi connectivity index (χ4v) is 2.90. The third kappa shape index (κ3) is 4.31. The molecule has 0 bridgehead atoms. The fraction of sp³-hybridized carbons (Fsp3) is 0.333. The summed E-state index contributed by atoms with van der Waals surface area (Å²) in [5, 5.41) is 9.52. The van der Waals surface area contributed by atoms with Gasteiger partial charge in [0, 0.05) is 5.92 Å². The molecule has 126 valence electrons. The van der Waals surface area contributed by atoms with Crippen molar-refractivity contribution in [1.82, 2.24) is 0 Å². The maximum absolute atomic E-state index is 12.8. The number of Topliss-reactive ketones (excluding diaryl/α,β-unsaturated/α-hetero) is 1. The van der Waals surface area contributed by atoms with Gasteiger partial charge in [-0.1, -0.05) is 75.4 Å². The van der Waals surface area contributed by atoms with Crippen molar-refractivity contribution in [3.8, 4) is 0 Å². The van der Waals surface area contributed by atoms with Crippen molar-refractivity contribution >= 4 is 11.8 Å². The molecule has 0 spiro atoms. The van der Waals surface area contributed by atoms with Crippen LogP contribution in [0, 0.1) is 5.92 Å². The zero-order valence-corrected chi connectivity index (χ0v) is 14.4. The first kappa shape index (κ1) is 17.9. The SMILES string of the molecule is CC(C)Cc1ccc(C(C)C(=O)C(C(=O)O)c2ccccc2)cc1. The van der Waals surface area contributed by atoms with Gasteiger partial charge in [0.2, 0.25) is 0 Å². The van der Waals surface area contributed by atoms with Crippen molar-refractivity contribution in [3.05, 3.63) is 71.3 Å². The van der Waals surface area contributed by atoms with E-state index in [0.29, 0.717) is 11.5 Å². The van der Waals surface area contributed by atoms with Crippen molar-refractivity contribution in [2.75, 3.05) is 0 Å². The topological polar surface area (TPSA) is 54.4 Å². The molecule has 0 saturated carbocycles. The van der Waals surface area contributed by atoms with Gasteiger partial charge < -0.3 is 5.11 Å². The molecule has 0 heterocycles. The molecule has 0 aliphatic heterocycles. The summed E-state index contributed by atoms with van der Waals surface area (Å²) < 4.78 is 0. The van der Waals surface area contributed by atoms with E-state index in [9.17, 15) is 14.7 Å². The molecule has 2 aromatic rings. The molecule has 0 radical (unpaired) electrons. The number of carbonyl (C=O) groups is 2. The van der Waals surface area contributed by atoms with E-state index in [4.69, 9.17) is 0 Å².